The van der Waals surface area contributed by atoms with Crippen molar-refractivity contribution in [2.75, 3.05) is 6.54 Å². The van der Waals surface area contributed by atoms with Crippen LogP contribution in [0.4, 0.5) is 0 Å². The lowest BCUT2D eigenvalue weighted by atomic mass is 10.1. The van der Waals surface area contributed by atoms with Crippen molar-refractivity contribution in [2.24, 2.45) is 4.99 Å². The summed E-state index contributed by atoms with van der Waals surface area (Å²) >= 11 is 0. The third-order valence-electron chi connectivity index (χ3n) is 2.63. The molecule has 1 aromatic carbocycles. The van der Waals surface area contributed by atoms with Crippen molar-refractivity contribution in [3.8, 4) is 5.75 Å². The number of rotatable bonds is 4. The summed E-state index contributed by atoms with van der Waals surface area (Å²) in [4.78, 5) is 4.67. The molecule has 0 aromatic heterocycles. The van der Waals surface area contributed by atoms with Crippen LogP contribution in [0.25, 0.3) is 0 Å². The third-order valence-corrected chi connectivity index (χ3v) is 2.63. The maximum atomic E-state index is 6.02. The molecule has 1 aromatic rings. The second kappa shape index (κ2) is 9.35. The zero-order valence-electron chi connectivity index (χ0n) is 15.5. The normalized spacial score (nSPS) is 12.4. The van der Waals surface area contributed by atoms with E-state index in [1.807, 2.05) is 18.2 Å². The standard InChI is InChI=1S/C18H31N3O.HI/c1-8-19-16(21-17(2,3)4)20-13-14-11-9-10-12-15(14)22-18(5,6)7;/h9-12H,8,13H2,1-7H3,(H2,19,20,21);1H. The molecule has 0 fully saturated rings. The quantitative estimate of drug-likeness (QED) is 0.422. The average molecular weight is 433 g/mol. The molecule has 0 aliphatic heterocycles. The number of guanidine groups is 1. The van der Waals surface area contributed by atoms with Gasteiger partial charge in [0.1, 0.15) is 11.4 Å². The van der Waals surface area contributed by atoms with Crippen LogP contribution in [0.3, 0.4) is 0 Å². The van der Waals surface area contributed by atoms with Gasteiger partial charge in [0.15, 0.2) is 5.96 Å². The number of nitrogens with zero attached hydrogens (tertiary/aromatic N) is 1. The zero-order valence-corrected chi connectivity index (χ0v) is 17.8. The highest BCUT2D eigenvalue weighted by molar-refractivity contribution is 14.0. The Morgan fingerprint density at radius 1 is 1.09 bits per heavy atom. The van der Waals surface area contributed by atoms with Gasteiger partial charge in [0, 0.05) is 17.6 Å². The lowest BCUT2D eigenvalue weighted by molar-refractivity contribution is 0.129. The molecule has 2 N–H and O–H groups in total. The Morgan fingerprint density at radius 2 is 1.70 bits per heavy atom. The lowest BCUT2D eigenvalue weighted by Gasteiger charge is -2.24. The Hall–Kier alpha value is -0.980. The van der Waals surface area contributed by atoms with Crippen molar-refractivity contribution in [3.63, 3.8) is 0 Å². The van der Waals surface area contributed by atoms with E-state index in [1.54, 1.807) is 0 Å². The van der Waals surface area contributed by atoms with Gasteiger partial charge >= 0.3 is 0 Å². The van der Waals surface area contributed by atoms with E-state index in [4.69, 9.17) is 4.74 Å². The zero-order chi connectivity index (χ0) is 16.8. The SMILES string of the molecule is CCNC(=NCc1ccccc1OC(C)(C)C)NC(C)(C)C.I. The summed E-state index contributed by atoms with van der Waals surface area (Å²) in [6.07, 6.45) is 0. The minimum atomic E-state index is -0.214. The first kappa shape index (κ1) is 22.0. The largest absolute Gasteiger partial charge is 0.488 e. The first-order valence-electron chi connectivity index (χ1n) is 7.94. The van der Waals surface area contributed by atoms with Crippen molar-refractivity contribution in [3.05, 3.63) is 29.8 Å². The van der Waals surface area contributed by atoms with Gasteiger partial charge in [-0.3, -0.25) is 0 Å². The van der Waals surface area contributed by atoms with Crippen LogP contribution in [0.2, 0.25) is 0 Å². The van der Waals surface area contributed by atoms with Gasteiger partial charge in [0.2, 0.25) is 0 Å². The highest BCUT2D eigenvalue weighted by Crippen LogP contribution is 2.23. The minimum absolute atomic E-state index is 0. The van der Waals surface area contributed by atoms with E-state index in [2.05, 4.69) is 70.2 Å². The first-order chi connectivity index (χ1) is 10.1. The topological polar surface area (TPSA) is 45.7 Å². The van der Waals surface area contributed by atoms with Crippen LogP contribution in [-0.2, 0) is 6.54 Å². The number of halogens is 1. The second-order valence-corrected chi connectivity index (χ2v) is 7.39. The number of para-hydroxylation sites is 1. The fraction of sp³-hybridized carbons (Fsp3) is 0.611. The molecule has 0 aliphatic rings. The summed E-state index contributed by atoms with van der Waals surface area (Å²) < 4.78 is 6.02. The molecule has 5 heteroatoms. The summed E-state index contributed by atoms with van der Waals surface area (Å²) in [5.41, 5.74) is 0.847. The number of ether oxygens (including phenoxy) is 1. The van der Waals surface area contributed by atoms with Crippen LogP contribution in [0, 0.1) is 0 Å². The predicted octanol–water partition coefficient (Wildman–Crippen LogP) is 4.34. The van der Waals surface area contributed by atoms with E-state index in [0.29, 0.717) is 6.54 Å². The number of hydrogen-bond acceptors (Lipinski definition) is 2. The molecule has 0 bridgehead atoms. The van der Waals surface area contributed by atoms with Gasteiger partial charge in [0.05, 0.1) is 6.54 Å². The van der Waals surface area contributed by atoms with Crippen LogP contribution in [0.1, 0.15) is 54.0 Å². The van der Waals surface area contributed by atoms with Crippen molar-refractivity contribution in [1.82, 2.24) is 10.6 Å². The van der Waals surface area contributed by atoms with Crippen LogP contribution in [-0.4, -0.2) is 23.6 Å². The van der Waals surface area contributed by atoms with E-state index < -0.39 is 0 Å². The molecule has 0 radical (unpaired) electrons. The van der Waals surface area contributed by atoms with Crippen molar-refractivity contribution in [1.29, 1.82) is 0 Å². The maximum Gasteiger partial charge on any atom is 0.191 e. The Morgan fingerprint density at radius 3 is 2.22 bits per heavy atom. The smallest absolute Gasteiger partial charge is 0.191 e. The number of hydrogen-bond donors (Lipinski definition) is 2. The van der Waals surface area contributed by atoms with Crippen molar-refractivity contribution >= 4 is 29.9 Å². The van der Waals surface area contributed by atoms with E-state index in [-0.39, 0.29) is 35.1 Å². The molecular formula is C18H32IN3O. The second-order valence-electron chi connectivity index (χ2n) is 7.39. The summed E-state index contributed by atoms with van der Waals surface area (Å²) in [5.74, 6) is 1.71. The van der Waals surface area contributed by atoms with Crippen molar-refractivity contribution < 1.29 is 4.74 Å². The van der Waals surface area contributed by atoms with E-state index in [9.17, 15) is 0 Å². The predicted molar refractivity (Wildman–Crippen MR) is 110 cm³/mol. The fourth-order valence-corrected chi connectivity index (χ4v) is 1.89. The minimum Gasteiger partial charge on any atom is -0.488 e. The molecule has 0 atom stereocenters. The monoisotopic (exact) mass is 433 g/mol. The van der Waals surface area contributed by atoms with Crippen LogP contribution in [0.5, 0.6) is 5.75 Å². The maximum absolute atomic E-state index is 6.02. The Balaban J connectivity index is 0.00000484. The van der Waals surface area contributed by atoms with Gasteiger partial charge in [-0.2, -0.15) is 0 Å². The Kier molecular flexibility index (Phi) is 8.95. The van der Waals surface area contributed by atoms with Gasteiger partial charge in [-0.1, -0.05) is 18.2 Å². The summed E-state index contributed by atoms with van der Waals surface area (Å²) in [7, 11) is 0. The Labute approximate surface area is 158 Å². The molecular weight excluding hydrogens is 401 g/mol. The van der Waals surface area contributed by atoms with Gasteiger partial charge in [-0.25, -0.2) is 4.99 Å². The van der Waals surface area contributed by atoms with E-state index in [1.165, 1.54) is 0 Å². The molecule has 1 rings (SSSR count). The number of nitrogens with one attached hydrogen (secondary N) is 2. The molecule has 0 spiro atoms. The van der Waals surface area contributed by atoms with Gasteiger partial charge < -0.3 is 15.4 Å². The highest BCUT2D eigenvalue weighted by Gasteiger charge is 2.15. The molecule has 0 aliphatic carbocycles. The first-order valence-corrected chi connectivity index (χ1v) is 7.94. The molecule has 23 heavy (non-hydrogen) atoms. The fourth-order valence-electron chi connectivity index (χ4n) is 1.89. The van der Waals surface area contributed by atoms with Crippen molar-refractivity contribution in [2.45, 2.75) is 66.2 Å². The molecule has 0 saturated heterocycles. The highest BCUT2D eigenvalue weighted by atomic mass is 127. The van der Waals surface area contributed by atoms with Crippen LogP contribution < -0.4 is 15.4 Å². The van der Waals surface area contributed by atoms with E-state index in [0.717, 1.165) is 23.8 Å². The Bertz CT molecular complexity index is 502. The number of aliphatic imine (C=N–C) groups is 1. The van der Waals surface area contributed by atoms with Gasteiger partial charge in [-0.15, -0.1) is 24.0 Å². The molecule has 4 nitrogen and oxygen atoms in total. The summed E-state index contributed by atoms with van der Waals surface area (Å²) in [6.45, 7) is 16.0. The van der Waals surface area contributed by atoms with Crippen LogP contribution in [0.15, 0.2) is 29.3 Å². The number of benzene rings is 1. The molecule has 0 saturated carbocycles. The summed E-state index contributed by atoms with van der Waals surface area (Å²) in [6, 6.07) is 8.07. The van der Waals surface area contributed by atoms with Gasteiger partial charge in [0.25, 0.3) is 0 Å². The average Bonchev–Trinajstić information content (AvgIpc) is 2.34. The molecule has 0 heterocycles. The molecule has 0 unspecified atom stereocenters. The van der Waals surface area contributed by atoms with Gasteiger partial charge in [-0.05, 0) is 54.5 Å². The van der Waals surface area contributed by atoms with E-state index >= 15 is 0 Å². The molecule has 132 valence electrons. The third kappa shape index (κ3) is 9.69. The lowest BCUT2D eigenvalue weighted by Crippen LogP contribution is -2.47. The summed E-state index contributed by atoms with van der Waals surface area (Å²) in [5, 5.41) is 6.67. The van der Waals surface area contributed by atoms with Crippen LogP contribution >= 0.6 is 24.0 Å². The molecule has 0 amide bonds.